The second-order valence-corrected chi connectivity index (χ2v) is 13.1. The van der Waals surface area contributed by atoms with E-state index < -0.39 is 11.7 Å². The van der Waals surface area contributed by atoms with Gasteiger partial charge in [-0.3, -0.25) is 0 Å². The maximum atomic E-state index is 15.2. The van der Waals surface area contributed by atoms with E-state index in [1.165, 1.54) is 12.1 Å². The molecular formula is C43H29F3N4. The molecule has 0 bridgehead atoms. The Kier molecular flexibility index (Phi) is 6.89. The molecule has 2 aromatic heterocycles. The summed E-state index contributed by atoms with van der Waals surface area (Å²) < 4.78 is 49.5. The predicted octanol–water partition coefficient (Wildman–Crippen LogP) is 12.2. The smallest absolute Gasteiger partial charge is 0.309 e. The minimum atomic E-state index is -4.78. The van der Waals surface area contributed by atoms with E-state index in [0.717, 1.165) is 71.9 Å². The Bertz CT molecular complexity index is 2550. The summed E-state index contributed by atoms with van der Waals surface area (Å²) in [4.78, 5) is 3.68. The Hall–Kier alpha value is -6.31. The van der Waals surface area contributed by atoms with Gasteiger partial charge < -0.3 is 9.13 Å². The van der Waals surface area contributed by atoms with Gasteiger partial charge in [0.05, 0.1) is 57.2 Å². The van der Waals surface area contributed by atoms with Gasteiger partial charge in [0.25, 0.3) is 0 Å². The first-order valence-corrected chi connectivity index (χ1v) is 16.2. The molecule has 2 heterocycles. The topological polar surface area (TPSA) is 38.0 Å². The van der Waals surface area contributed by atoms with E-state index in [1.807, 2.05) is 110 Å². The standard InChI is InChI=1S/C43H29F3N4/c1-24-9-13-29-30-14-10-25(2)18-36(30)49(35(29)17-24)39-21-28(23-47)22-40(42(39)41-33(43(44,45)46)7-6-8-34(41)48-5)50-37-19-26(3)11-15-31(37)32-16-12-27(4)20-38(32)50/h6-22H,1-4H3. The SMILES string of the molecule is [C-]#[N+]c1cccc(C(F)(F)F)c1-c1c(-n2c3cc(C)ccc3c3ccc(C)cc32)cc(C#N)cc1-n1c2cc(C)ccc2c2ccc(C)cc21. The first-order chi connectivity index (χ1) is 24.0. The number of aromatic nitrogens is 2. The molecule has 0 atom stereocenters. The molecule has 242 valence electrons. The minimum Gasteiger partial charge on any atom is -0.309 e. The van der Waals surface area contributed by atoms with Crippen LogP contribution >= 0.6 is 0 Å². The fraction of sp³-hybridized carbons (Fsp3) is 0.116. The van der Waals surface area contributed by atoms with Crippen LogP contribution in [0.3, 0.4) is 0 Å². The molecule has 0 aliphatic heterocycles. The quantitative estimate of drug-likeness (QED) is 0.174. The lowest BCUT2D eigenvalue weighted by Gasteiger charge is -2.24. The molecule has 0 unspecified atom stereocenters. The Labute approximate surface area is 286 Å². The number of nitriles is 1. The van der Waals surface area contributed by atoms with E-state index in [4.69, 9.17) is 6.57 Å². The lowest BCUT2D eigenvalue weighted by molar-refractivity contribution is -0.137. The second kappa shape index (κ2) is 11.1. The van der Waals surface area contributed by atoms with E-state index >= 15 is 13.2 Å². The summed E-state index contributed by atoms with van der Waals surface area (Å²) in [6.45, 7) is 16.0. The first kappa shape index (κ1) is 31.0. The summed E-state index contributed by atoms with van der Waals surface area (Å²) in [5, 5.41) is 14.3. The van der Waals surface area contributed by atoms with Crippen molar-refractivity contribution in [3.05, 3.63) is 148 Å². The van der Waals surface area contributed by atoms with Gasteiger partial charge >= 0.3 is 6.18 Å². The lowest BCUT2D eigenvalue weighted by Crippen LogP contribution is -2.11. The predicted molar refractivity (Wildman–Crippen MR) is 195 cm³/mol. The van der Waals surface area contributed by atoms with Gasteiger partial charge in [-0.15, -0.1) is 0 Å². The third kappa shape index (κ3) is 4.66. The average Bonchev–Trinajstić information content (AvgIpc) is 3.57. The second-order valence-electron chi connectivity index (χ2n) is 13.1. The van der Waals surface area contributed by atoms with Gasteiger partial charge in [0, 0.05) is 32.7 Å². The molecule has 50 heavy (non-hydrogen) atoms. The van der Waals surface area contributed by atoms with E-state index in [2.05, 4.69) is 10.9 Å². The van der Waals surface area contributed by atoms with E-state index in [1.54, 1.807) is 12.1 Å². The van der Waals surface area contributed by atoms with Crippen LogP contribution in [0.25, 0.3) is 71.0 Å². The summed E-state index contributed by atoms with van der Waals surface area (Å²) in [5.41, 5.74) is 7.03. The molecule has 0 aliphatic rings. The zero-order valence-electron chi connectivity index (χ0n) is 27.7. The van der Waals surface area contributed by atoms with Crippen LogP contribution in [-0.4, -0.2) is 9.13 Å². The molecule has 0 spiro atoms. The Morgan fingerprint density at radius 3 is 1.32 bits per heavy atom. The summed E-state index contributed by atoms with van der Waals surface area (Å²) in [6.07, 6.45) is -4.78. The number of nitrogens with zero attached hydrogens (tertiary/aromatic N) is 4. The van der Waals surface area contributed by atoms with Gasteiger partial charge in [-0.05, 0) is 86.3 Å². The van der Waals surface area contributed by atoms with Gasteiger partial charge in [-0.1, -0.05) is 66.7 Å². The highest BCUT2D eigenvalue weighted by molar-refractivity contribution is 6.13. The first-order valence-electron chi connectivity index (χ1n) is 16.2. The molecule has 0 N–H and O–H groups in total. The van der Waals surface area contributed by atoms with Gasteiger partial charge in [0.15, 0.2) is 5.69 Å². The molecule has 0 amide bonds. The van der Waals surface area contributed by atoms with E-state index in [0.29, 0.717) is 11.4 Å². The summed E-state index contributed by atoms with van der Waals surface area (Å²) >= 11 is 0. The molecule has 0 radical (unpaired) electrons. The van der Waals surface area contributed by atoms with Crippen molar-refractivity contribution in [3.8, 4) is 28.6 Å². The number of alkyl halides is 3. The van der Waals surface area contributed by atoms with Crippen LogP contribution in [0.15, 0.2) is 103 Å². The largest absolute Gasteiger partial charge is 0.415 e. The zero-order valence-corrected chi connectivity index (χ0v) is 27.7. The van der Waals surface area contributed by atoms with Crippen molar-refractivity contribution >= 4 is 49.3 Å². The Balaban J connectivity index is 1.69. The minimum absolute atomic E-state index is 0.131. The van der Waals surface area contributed by atoms with Gasteiger partial charge in [0.1, 0.15) is 0 Å². The lowest BCUT2D eigenvalue weighted by atomic mass is 9.92. The molecule has 6 aromatic carbocycles. The molecule has 8 aromatic rings. The van der Waals surface area contributed by atoms with Crippen LogP contribution in [0.5, 0.6) is 0 Å². The van der Waals surface area contributed by atoms with Crippen molar-refractivity contribution in [1.29, 1.82) is 5.26 Å². The number of hydrogen-bond donors (Lipinski definition) is 0. The molecule has 0 saturated heterocycles. The third-order valence-electron chi connectivity index (χ3n) is 9.58. The molecule has 4 nitrogen and oxygen atoms in total. The normalized spacial score (nSPS) is 11.9. The van der Waals surface area contributed by atoms with Crippen LogP contribution in [0.4, 0.5) is 18.9 Å². The fourth-order valence-electron chi connectivity index (χ4n) is 7.41. The Morgan fingerprint density at radius 2 is 0.980 bits per heavy atom. The van der Waals surface area contributed by atoms with Gasteiger partial charge in [-0.25, -0.2) is 4.85 Å². The summed E-state index contributed by atoms with van der Waals surface area (Å²) in [6, 6.07) is 33.6. The van der Waals surface area contributed by atoms with Crippen molar-refractivity contribution in [1.82, 2.24) is 9.13 Å². The number of hydrogen-bond acceptors (Lipinski definition) is 1. The van der Waals surface area contributed by atoms with Crippen LogP contribution in [-0.2, 0) is 6.18 Å². The highest BCUT2D eigenvalue weighted by Gasteiger charge is 2.37. The van der Waals surface area contributed by atoms with Crippen LogP contribution in [0.2, 0.25) is 0 Å². The summed E-state index contributed by atoms with van der Waals surface area (Å²) in [5.74, 6) is 0. The van der Waals surface area contributed by atoms with Crippen molar-refractivity contribution in [2.75, 3.05) is 0 Å². The molecule has 8 rings (SSSR count). The number of rotatable bonds is 3. The van der Waals surface area contributed by atoms with Gasteiger partial charge in [-0.2, -0.15) is 18.4 Å². The van der Waals surface area contributed by atoms with Crippen molar-refractivity contribution in [2.45, 2.75) is 33.9 Å². The van der Waals surface area contributed by atoms with Crippen LogP contribution in [0.1, 0.15) is 33.4 Å². The van der Waals surface area contributed by atoms with E-state index in [-0.39, 0.29) is 22.4 Å². The molecule has 7 heteroatoms. The summed E-state index contributed by atoms with van der Waals surface area (Å²) in [7, 11) is 0. The number of halogens is 3. The highest BCUT2D eigenvalue weighted by atomic mass is 19.4. The molecule has 0 saturated carbocycles. The van der Waals surface area contributed by atoms with Crippen molar-refractivity contribution in [2.24, 2.45) is 0 Å². The third-order valence-corrected chi connectivity index (χ3v) is 9.58. The molecule has 0 aliphatic carbocycles. The fourth-order valence-corrected chi connectivity index (χ4v) is 7.41. The zero-order chi connectivity index (χ0) is 35.1. The molecule has 0 fully saturated rings. The van der Waals surface area contributed by atoms with Gasteiger partial charge in [0.2, 0.25) is 0 Å². The number of aryl methyl sites for hydroxylation is 4. The van der Waals surface area contributed by atoms with E-state index in [9.17, 15) is 5.26 Å². The highest BCUT2D eigenvalue weighted by Crippen LogP contribution is 2.49. The Morgan fingerprint density at radius 1 is 0.580 bits per heavy atom. The maximum absolute atomic E-state index is 15.2. The number of fused-ring (bicyclic) bond motifs is 6. The van der Waals surface area contributed by atoms with Crippen molar-refractivity contribution in [3.63, 3.8) is 0 Å². The van der Waals surface area contributed by atoms with Crippen LogP contribution in [0, 0.1) is 45.6 Å². The molecular weight excluding hydrogens is 629 g/mol. The average molecular weight is 659 g/mol. The monoisotopic (exact) mass is 658 g/mol. The number of benzene rings is 6. The van der Waals surface area contributed by atoms with Crippen LogP contribution < -0.4 is 0 Å². The van der Waals surface area contributed by atoms with Crippen molar-refractivity contribution < 1.29 is 13.2 Å². The maximum Gasteiger partial charge on any atom is 0.415 e.